The van der Waals surface area contributed by atoms with Gasteiger partial charge >= 0.3 is 0 Å². The highest BCUT2D eigenvalue weighted by molar-refractivity contribution is 9.10. The van der Waals surface area contributed by atoms with E-state index >= 15 is 0 Å². The van der Waals surface area contributed by atoms with Gasteiger partial charge in [0.05, 0.1) is 11.6 Å². The zero-order valence-corrected chi connectivity index (χ0v) is 18.2. The molecule has 30 heavy (non-hydrogen) atoms. The number of rotatable bonds is 5. The predicted molar refractivity (Wildman–Crippen MR) is 127 cm³/mol. The molecule has 0 N–H and O–H groups in total. The number of hydrogen-bond donors (Lipinski definition) is 0. The lowest BCUT2D eigenvalue weighted by Gasteiger charge is -2.13. The first-order chi connectivity index (χ1) is 14.6. The number of allylic oxidation sites excluding steroid dienone is 1. The maximum Gasteiger partial charge on any atom is 0.127 e. The van der Waals surface area contributed by atoms with Crippen molar-refractivity contribution in [1.82, 2.24) is 0 Å². The molecular weight excluding hydrogens is 434 g/mol. The fraction of sp³-hybridized carbons (Fsp3) is 0.0741. The summed E-state index contributed by atoms with van der Waals surface area (Å²) in [6, 6.07) is 30.7. The quantitative estimate of drug-likeness (QED) is 0.230. The van der Waals surface area contributed by atoms with Crippen molar-refractivity contribution >= 4 is 38.4 Å². The number of ether oxygens (including phenoxy) is 1. The van der Waals surface area contributed by atoms with Crippen molar-refractivity contribution in [3.8, 4) is 11.8 Å². The molecule has 4 aromatic rings. The molecule has 0 saturated heterocycles. The van der Waals surface area contributed by atoms with Gasteiger partial charge in [0.1, 0.15) is 12.4 Å². The molecule has 0 unspecified atom stereocenters. The number of nitriles is 1. The summed E-state index contributed by atoms with van der Waals surface area (Å²) in [4.78, 5) is 0. The SMILES string of the molecule is Cc1ccc(/C(C#N)=C/c2c(OCc3ccc(Br)cc3)ccc3ccccc23)cc1. The van der Waals surface area contributed by atoms with E-state index in [4.69, 9.17) is 4.74 Å². The molecule has 0 heterocycles. The zero-order chi connectivity index (χ0) is 20.9. The lowest BCUT2D eigenvalue weighted by atomic mass is 9.98. The standard InChI is InChI=1S/C27H20BrNO/c1-19-6-10-21(11-7-19)23(17-29)16-26-25-5-3-2-4-22(25)12-15-27(26)30-18-20-8-13-24(28)14-9-20/h2-16H,18H2,1H3/b23-16+. The van der Waals surface area contributed by atoms with Crippen LogP contribution in [0.2, 0.25) is 0 Å². The Kier molecular flexibility index (Phi) is 5.97. The van der Waals surface area contributed by atoms with Crippen LogP contribution in [0.25, 0.3) is 22.4 Å². The maximum absolute atomic E-state index is 9.84. The minimum Gasteiger partial charge on any atom is -0.488 e. The van der Waals surface area contributed by atoms with Crippen LogP contribution in [0.15, 0.2) is 89.4 Å². The summed E-state index contributed by atoms with van der Waals surface area (Å²) in [6.45, 7) is 2.50. The van der Waals surface area contributed by atoms with E-state index in [0.717, 1.165) is 37.7 Å². The van der Waals surface area contributed by atoms with Gasteiger partial charge in [-0.05, 0) is 53.1 Å². The third-order valence-electron chi connectivity index (χ3n) is 5.01. The minimum atomic E-state index is 0.457. The summed E-state index contributed by atoms with van der Waals surface area (Å²) in [5, 5.41) is 12.0. The third-order valence-corrected chi connectivity index (χ3v) is 5.54. The summed E-state index contributed by atoms with van der Waals surface area (Å²) >= 11 is 3.46. The Hall–Kier alpha value is -3.35. The van der Waals surface area contributed by atoms with Crippen LogP contribution in [0.1, 0.15) is 22.3 Å². The van der Waals surface area contributed by atoms with Gasteiger partial charge in [0.25, 0.3) is 0 Å². The number of halogens is 1. The Morgan fingerprint density at radius 1 is 0.933 bits per heavy atom. The Labute approximate surface area is 185 Å². The van der Waals surface area contributed by atoms with E-state index in [2.05, 4.69) is 40.2 Å². The van der Waals surface area contributed by atoms with Crippen molar-refractivity contribution < 1.29 is 4.74 Å². The van der Waals surface area contributed by atoms with Crippen LogP contribution >= 0.6 is 15.9 Å². The second kappa shape index (κ2) is 8.98. The molecule has 0 aromatic heterocycles. The lowest BCUT2D eigenvalue weighted by molar-refractivity contribution is 0.306. The summed E-state index contributed by atoms with van der Waals surface area (Å²) in [6.07, 6.45) is 1.93. The van der Waals surface area contributed by atoms with Crippen LogP contribution < -0.4 is 4.74 Å². The lowest BCUT2D eigenvalue weighted by Crippen LogP contribution is -1.98. The van der Waals surface area contributed by atoms with Gasteiger partial charge in [-0.2, -0.15) is 5.26 Å². The van der Waals surface area contributed by atoms with Crippen LogP contribution in [-0.4, -0.2) is 0 Å². The Balaban J connectivity index is 1.77. The summed E-state index contributed by atoms with van der Waals surface area (Å²) in [5.41, 5.74) is 4.68. The van der Waals surface area contributed by atoms with E-state index in [1.165, 1.54) is 5.56 Å². The molecule has 4 rings (SSSR count). The largest absolute Gasteiger partial charge is 0.488 e. The Morgan fingerprint density at radius 3 is 2.40 bits per heavy atom. The highest BCUT2D eigenvalue weighted by Crippen LogP contribution is 2.32. The van der Waals surface area contributed by atoms with E-state index in [0.29, 0.717) is 12.2 Å². The topological polar surface area (TPSA) is 33.0 Å². The van der Waals surface area contributed by atoms with Gasteiger partial charge in [-0.15, -0.1) is 0 Å². The minimum absolute atomic E-state index is 0.457. The van der Waals surface area contributed by atoms with Gasteiger partial charge in [-0.3, -0.25) is 0 Å². The van der Waals surface area contributed by atoms with Crippen LogP contribution in [-0.2, 0) is 6.61 Å². The molecular formula is C27H20BrNO. The molecule has 0 aliphatic rings. The van der Waals surface area contributed by atoms with Crippen LogP contribution in [0.4, 0.5) is 0 Å². The van der Waals surface area contributed by atoms with E-state index in [-0.39, 0.29) is 0 Å². The highest BCUT2D eigenvalue weighted by Gasteiger charge is 2.10. The normalized spacial score (nSPS) is 11.3. The molecule has 0 aliphatic carbocycles. The van der Waals surface area contributed by atoms with Crippen molar-refractivity contribution in [3.63, 3.8) is 0 Å². The molecule has 0 bridgehead atoms. The summed E-state index contributed by atoms with van der Waals surface area (Å²) in [7, 11) is 0. The first-order valence-corrected chi connectivity index (χ1v) is 10.5. The fourth-order valence-electron chi connectivity index (χ4n) is 3.35. The van der Waals surface area contributed by atoms with Crippen molar-refractivity contribution in [2.75, 3.05) is 0 Å². The van der Waals surface area contributed by atoms with Gasteiger partial charge in [-0.1, -0.05) is 88.2 Å². The monoisotopic (exact) mass is 453 g/mol. The Bertz CT molecular complexity index is 1250. The second-order valence-electron chi connectivity index (χ2n) is 7.15. The average Bonchev–Trinajstić information content (AvgIpc) is 2.78. The van der Waals surface area contributed by atoms with E-state index in [1.807, 2.05) is 79.7 Å². The molecule has 4 aromatic carbocycles. The molecule has 2 nitrogen and oxygen atoms in total. The first-order valence-electron chi connectivity index (χ1n) is 9.72. The zero-order valence-electron chi connectivity index (χ0n) is 16.6. The Morgan fingerprint density at radius 2 is 1.67 bits per heavy atom. The number of benzene rings is 4. The molecule has 0 fully saturated rings. The first kappa shape index (κ1) is 19.9. The van der Waals surface area contributed by atoms with E-state index < -0.39 is 0 Å². The summed E-state index contributed by atoms with van der Waals surface area (Å²) in [5.74, 6) is 0.761. The predicted octanol–water partition coefficient (Wildman–Crippen LogP) is 7.55. The second-order valence-corrected chi connectivity index (χ2v) is 8.07. The molecule has 0 atom stereocenters. The molecule has 0 amide bonds. The van der Waals surface area contributed by atoms with Crippen molar-refractivity contribution in [1.29, 1.82) is 5.26 Å². The van der Waals surface area contributed by atoms with Crippen LogP contribution in [0.3, 0.4) is 0 Å². The fourth-order valence-corrected chi connectivity index (χ4v) is 3.61. The van der Waals surface area contributed by atoms with Crippen molar-refractivity contribution in [2.45, 2.75) is 13.5 Å². The molecule has 0 aliphatic heterocycles. The molecule has 0 spiro atoms. The molecule has 0 saturated carbocycles. The molecule has 146 valence electrons. The van der Waals surface area contributed by atoms with Crippen LogP contribution in [0.5, 0.6) is 5.75 Å². The third kappa shape index (κ3) is 4.45. The van der Waals surface area contributed by atoms with Crippen LogP contribution in [0, 0.1) is 18.3 Å². The number of aryl methyl sites for hydroxylation is 1. The van der Waals surface area contributed by atoms with Gasteiger partial charge in [0, 0.05) is 10.0 Å². The van der Waals surface area contributed by atoms with Crippen molar-refractivity contribution in [3.05, 3.63) is 112 Å². The van der Waals surface area contributed by atoms with Gasteiger partial charge in [-0.25, -0.2) is 0 Å². The van der Waals surface area contributed by atoms with Gasteiger partial charge in [0.15, 0.2) is 0 Å². The number of nitrogens with zero attached hydrogens (tertiary/aromatic N) is 1. The average molecular weight is 454 g/mol. The van der Waals surface area contributed by atoms with E-state index in [9.17, 15) is 5.26 Å². The van der Waals surface area contributed by atoms with Gasteiger partial charge < -0.3 is 4.74 Å². The number of hydrogen-bond acceptors (Lipinski definition) is 2. The summed E-state index contributed by atoms with van der Waals surface area (Å²) < 4.78 is 7.24. The molecule has 3 heteroatoms. The van der Waals surface area contributed by atoms with Gasteiger partial charge in [0.2, 0.25) is 0 Å². The highest BCUT2D eigenvalue weighted by atomic mass is 79.9. The van der Waals surface area contributed by atoms with Crippen molar-refractivity contribution in [2.24, 2.45) is 0 Å². The number of fused-ring (bicyclic) bond motifs is 1. The maximum atomic E-state index is 9.84. The van der Waals surface area contributed by atoms with E-state index in [1.54, 1.807) is 0 Å². The molecule has 0 radical (unpaired) electrons. The smallest absolute Gasteiger partial charge is 0.127 e.